The van der Waals surface area contributed by atoms with Crippen molar-refractivity contribution in [2.45, 2.75) is 25.7 Å². The number of hydrogen-bond acceptors (Lipinski definition) is 5. The number of nitrogens with zero attached hydrogens (tertiary/aromatic N) is 3. The van der Waals surface area contributed by atoms with Crippen LogP contribution >= 0.6 is 15.9 Å². The zero-order valence-electron chi connectivity index (χ0n) is 13.0. The van der Waals surface area contributed by atoms with Crippen LogP contribution in [0, 0.1) is 6.92 Å². The molecule has 7 nitrogen and oxygen atoms in total. The Morgan fingerprint density at radius 3 is 2.75 bits per heavy atom. The van der Waals surface area contributed by atoms with Crippen LogP contribution in [-0.2, 0) is 0 Å². The zero-order valence-corrected chi connectivity index (χ0v) is 14.6. The van der Waals surface area contributed by atoms with E-state index in [1.807, 2.05) is 0 Å². The molecule has 1 N–H and O–H groups in total. The van der Waals surface area contributed by atoms with Gasteiger partial charge in [-0.15, -0.1) is 0 Å². The number of carboxylic acids is 1. The van der Waals surface area contributed by atoms with Gasteiger partial charge in [-0.1, -0.05) is 21.1 Å². The third-order valence-electron chi connectivity index (χ3n) is 3.99. The summed E-state index contributed by atoms with van der Waals surface area (Å²) in [5.41, 5.74) is 0.429. The van der Waals surface area contributed by atoms with Gasteiger partial charge >= 0.3 is 5.97 Å². The summed E-state index contributed by atoms with van der Waals surface area (Å²) in [6.07, 6.45) is 1.71. The van der Waals surface area contributed by atoms with Crippen LogP contribution in [0.4, 0.5) is 0 Å². The lowest BCUT2D eigenvalue weighted by Gasteiger charge is -2.31. The first-order chi connectivity index (χ1) is 11.4. The van der Waals surface area contributed by atoms with Crippen LogP contribution in [-0.4, -0.2) is 45.1 Å². The van der Waals surface area contributed by atoms with E-state index in [1.165, 1.54) is 12.1 Å². The predicted octanol–water partition coefficient (Wildman–Crippen LogP) is 2.86. The Labute approximate surface area is 146 Å². The van der Waals surface area contributed by atoms with Crippen molar-refractivity contribution in [3.05, 3.63) is 45.5 Å². The minimum atomic E-state index is -1.07. The summed E-state index contributed by atoms with van der Waals surface area (Å²) < 4.78 is 5.78. The van der Waals surface area contributed by atoms with Crippen LogP contribution in [0.3, 0.4) is 0 Å². The van der Waals surface area contributed by atoms with Crippen LogP contribution in [0.5, 0.6) is 0 Å². The molecule has 0 saturated carbocycles. The van der Waals surface area contributed by atoms with Crippen molar-refractivity contribution >= 4 is 27.8 Å². The standard InChI is InChI=1S/C16H16BrN3O4/c1-9-18-14(24-19-9)10-3-2-4-20(8-10)15(21)11-5-12(16(22)23)7-13(17)6-11/h5-7,10H,2-4,8H2,1H3,(H,22,23). The molecule has 1 unspecified atom stereocenters. The first kappa shape index (κ1) is 16.6. The Bertz CT molecular complexity index is 789. The number of aryl methyl sites for hydroxylation is 1. The van der Waals surface area contributed by atoms with E-state index in [4.69, 9.17) is 9.63 Å². The number of amides is 1. The number of rotatable bonds is 3. The molecule has 2 aromatic rings. The summed E-state index contributed by atoms with van der Waals surface area (Å²) in [7, 11) is 0. The molecule has 24 heavy (non-hydrogen) atoms. The summed E-state index contributed by atoms with van der Waals surface area (Å²) >= 11 is 3.26. The summed E-state index contributed by atoms with van der Waals surface area (Å²) in [5.74, 6) is -0.130. The lowest BCUT2D eigenvalue weighted by Crippen LogP contribution is -2.39. The van der Waals surface area contributed by atoms with Gasteiger partial charge in [-0.05, 0) is 38.0 Å². The Kier molecular flexibility index (Phi) is 4.66. The highest BCUT2D eigenvalue weighted by Crippen LogP contribution is 2.27. The van der Waals surface area contributed by atoms with Gasteiger partial charge in [-0.3, -0.25) is 4.79 Å². The van der Waals surface area contributed by atoms with Gasteiger partial charge in [-0.25, -0.2) is 4.79 Å². The van der Waals surface area contributed by atoms with E-state index in [0.717, 1.165) is 12.8 Å². The molecule has 1 fully saturated rings. The highest BCUT2D eigenvalue weighted by atomic mass is 79.9. The second-order valence-corrected chi connectivity index (χ2v) is 6.72. The van der Waals surface area contributed by atoms with E-state index in [2.05, 4.69) is 26.1 Å². The summed E-state index contributed by atoms with van der Waals surface area (Å²) in [4.78, 5) is 29.9. The van der Waals surface area contributed by atoms with Crippen molar-refractivity contribution in [1.29, 1.82) is 0 Å². The number of piperidine rings is 1. The van der Waals surface area contributed by atoms with Gasteiger partial charge in [-0.2, -0.15) is 4.98 Å². The third-order valence-corrected chi connectivity index (χ3v) is 4.45. The van der Waals surface area contributed by atoms with Crippen molar-refractivity contribution in [1.82, 2.24) is 15.0 Å². The molecular weight excluding hydrogens is 378 g/mol. The first-order valence-corrected chi connectivity index (χ1v) is 8.36. The second kappa shape index (κ2) is 6.72. The number of carboxylic acid groups (broad SMARTS) is 1. The predicted molar refractivity (Wildman–Crippen MR) is 88.0 cm³/mol. The van der Waals surface area contributed by atoms with Crippen molar-refractivity contribution in [3.63, 3.8) is 0 Å². The van der Waals surface area contributed by atoms with Crippen molar-refractivity contribution in [2.75, 3.05) is 13.1 Å². The lowest BCUT2D eigenvalue weighted by molar-refractivity contribution is 0.0695. The second-order valence-electron chi connectivity index (χ2n) is 5.80. The molecule has 1 saturated heterocycles. The average Bonchev–Trinajstić information content (AvgIpc) is 3.00. The number of benzene rings is 1. The van der Waals surface area contributed by atoms with Gasteiger partial charge in [0.1, 0.15) is 0 Å². The Morgan fingerprint density at radius 2 is 2.08 bits per heavy atom. The van der Waals surface area contributed by atoms with Gasteiger partial charge in [0.2, 0.25) is 5.89 Å². The summed E-state index contributed by atoms with van der Waals surface area (Å²) in [6, 6.07) is 4.50. The quantitative estimate of drug-likeness (QED) is 0.860. The number of aromatic nitrogens is 2. The molecule has 0 spiro atoms. The van der Waals surface area contributed by atoms with E-state index < -0.39 is 5.97 Å². The van der Waals surface area contributed by atoms with Crippen LogP contribution in [0.1, 0.15) is 51.2 Å². The molecule has 8 heteroatoms. The van der Waals surface area contributed by atoms with Crippen LogP contribution in [0.15, 0.2) is 27.2 Å². The minimum Gasteiger partial charge on any atom is -0.478 e. The monoisotopic (exact) mass is 393 g/mol. The molecule has 1 atom stereocenters. The largest absolute Gasteiger partial charge is 0.478 e. The highest BCUT2D eigenvalue weighted by Gasteiger charge is 2.29. The fraction of sp³-hybridized carbons (Fsp3) is 0.375. The molecule has 0 aliphatic carbocycles. The molecule has 1 amide bonds. The third kappa shape index (κ3) is 3.48. The number of aromatic carboxylic acids is 1. The van der Waals surface area contributed by atoms with Crippen LogP contribution in [0.2, 0.25) is 0 Å². The van der Waals surface area contributed by atoms with Gasteiger partial charge in [0.25, 0.3) is 5.91 Å². The smallest absolute Gasteiger partial charge is 0.335 e. The summed E-state index contributed by atoms with van der Waals surface area (Å²) in [6.45, 7) is 2.86. The molecule has 1 aromatic heterocycles. The Morgan fingerprint density at radius 1 is 1.33 bits per heavy atom. The van der Waals surface area contributed by atoms with E-state index in [-0.39, 0.29) is 17.4 Å². The zero-order chi connectivity index (χ0) is 17.3. The average molecular weight is 394 g/mol. The fourth-order valence-corrected chi connectivity index (χ4v) is 3.35. The maximum atomic E-state index is 12.8. The maximum absolute atomic E-state index is 12.8. The molecule has 3 rings (SSSR count). The topological polar surface area (TPSA) is 96.5 Å². The minimum absolute atomic E-state index is 0.00926. The number of hydrogen-bond donors (Lipinski definition) is 1. The number of halogens is 1. The maximum Gasteiger partial charge on any atom is 0.335 e. The van der Waals surface area contributed by atoms with E-state index in [0.29, 0.717) is 34.8 Å². The molecule has 2 heterocycles. The Hall–Kier alpha value is -2.22. The van der Waals surface area contributed by atoms with E-state index in [1.54, 1.807) is 17.9 Å². The van der Waals surface area contributed by atoms with Gasteiger partial charge in [0, 0.05) is 23.1 Å². The summed E-state index contributed by atoms with van der Waals surface area (Å²) in [5, 5.41) is 12.9. The molecular formula is C16H16BrN3O4. The molecule has 1 aliphatic heterocycles. The van der Waals surface area contributed by atoms with Crippen molar-refractivity contribution in [2.24, 2.45) is 0 Å². The van der Waals surface area contributed by atoms with Crippen molar-refractivity contribution < 1.29 is 19.2 Å². The number of carbonyl (C=O) groups is 2. The molecule has 0 bridgehead atoms. The van der Waals surface area contributed by atoms with Crippen LogP contribution < -0.4 is 0 Å². The van der Waals surface area contributed by atoms with E-state index >= 15 is 0 Å². The van der Waals surface area contributed by atoms with Gasteiger partial charge < -0.3 is 14.5 Å². The molecule has 126 valence electrons. The first-order valence-electron chi connectivity index (χ1n) is 7.57. The SMILES string of the molecule is Cc1noc(C2CCCN(C(=O)c3cc(Br)cc(C(=O)O)c3)C2)n1. The highest BCUT2D eigenvalue weighted by molar-refractivity contribution is 9.10. The fourth-order valence-electron chi connectivity index (χ4n) is 2.86. The normalized spacial score (nSPS) is 17.8. The molecule has 1 aromatic carbocycles. The molecule has 0 radical (unpaired) electrons. The van der Waals surface area contributed by atoms with Crippen LogP contribution in [0.25, 0.3) is 0 Å². The van der Waals surface area contributed by atoms with Crippen molar-refractivity contribution in [3.8, 4) is 0 Å². The van der Waals surface area contributed by atoms with Gasteiger partial charge in [0.15, 0.2) is 5.82 Å². The van der Waals surface area contributed by atoms with Gasteiger partial charge in [0.05, 0.1) is 11.5 Å². The Balaban J connectivity index is 1.81. The number of likely N-dealkylation sites (tertiary alicyclic amines) is 1. The lowest BCUT2D eigenvalue weighted by atomic mass is 9.97. The molecule has 1 aliphatic rings. The van der Waals surface area contributed by atoms with E-state index in [9.17, 15) is 9.59 Å². The number of carbonyl (C=O) groups excluding carboxylic acids is 1.